The van der Waals surface area contributed by atoms with Gasteiger partial charge in [-0.2, -0.15) is 0 Å². The Bertz CT molecular complexity index is 1780. The van der Waals surface area contributed by atoms with Crippen molar-refractivity contribution in [1.29, 1.82) is 0 Å². The molecule has 0 atom stereocenters. The maximum atomic E-state index is 16.0. The molecule has 0 N–H and O–H groups in total. The quantitative estimate of drug-likeness (QED) is 0.192. The van der Waals surface area contributed by atoms with Gasteiger partial charge < -0.3 is 23.5 Å². The molecule has 2 aliphatic heterocycles. The van der Waals surface area contributed by atoms with E-state index < -0.39 is 48.3 Å². The highest BCUT2D eigenvalue weighted by Crippen LogP contribution is 2.40. The first-order valence-electron chi connectivity index (χ1n) is 17.0. The number of halogens is 2. The molecule has 2 heterocycles. The van der Waals surface area contributed by atoms with Gasteiger partial charge in [-0.25, -0.2) is 8.78 Å². The van der Waals surface area contributed by atoms with E-state index in [0.29, 0.717) is 11.4 Å². The molecule has 0 saturated carbocycles. The summed E-state index contributed by atoms with van der Waals surface area (Å²) in [4.78, 5) is 1.83. The number of anilines is 3. The molecular formula is C40H47B2F2NO4. The van der Waals surface area contributed by atoms with Crippen LogP contribution in [0.25, 0.3) is 11.1 Å². The van der Waals surface area contributed by atoms with Gasteiger partial charge in [0, 0.05) is 11.4 Å². The van der Waals surface area contributed by atoms with E-state index in [0.717, 1.165) is 22.3 Å². The lowest BCUT2D eigenvalue weighted by atomic mass is 9.78. The van der Waals surface area contributed by atoms with Crippen molar-refractivity contribution in [3.8, 4) is 11.1 Å². The van der Waals surface area contributed by atoms with Gasteiger partial charge in [-0.05, 0) is 119 Å². The summed E-state index contributed by atoms with van der Waals surface area (Å²) in [5.74, 6) is -1.49. The van der Waals surface area contributed by atoms with Crippen LogP contribution in [0.3, 0.4) is 0 Å². The number of hydrogen-bond donors (Lipinski definition) is 0. The van der Waals surface area contributed by atoms with Crippen LogP contribution in [-0.4, -0.2) is 36.6 Å². The molecule has 0 amide bonds. The minimum Gasteiger partial charge on any atom is -0.399 e. The van der Waals surface area contributed by atoms with Gasteiger partial charge in [-0.3, -0.25) is 0 Å². The Morgan fingerprint density at radius 3 is 1.29 bits per heavy atom. The molecule has 2 saturated heterocycles. The van der Waals surface area contributed by atoms with E-state index in [2.05, 4.69) is 45.0 Å². The second-order valence-electron chi connectivity index (χ2n) is 16.3. The third-order valence-corrected chi connectivity index (χ3v) is 10.7. The Labute approximate surface area is 291 Å². The molecule has 0 spiro atoms. The van der Waals surface area contributed by atoms with E-state index in [1.165, 1.54) is 17.7 Å². The van der Waals surface area contributed by atoms with E-state index in [1.54, 1.807) is 0 Å². The SMILES string of the molecule is CC(C)(C)c1ccc(-c2ccc(N(c3ccc(B4OC(C)(C)C(C)(C)O4)cc3)c3cc(F)c(B4OC(C)(C)C(C)(C)O4)c(F)c3)cc2)cc1. The average molecular weight is 665 g/mol. The standard InChI is InChI=1S/C40H47B2F2NO4/c1-36(2,3)28-16-12-26(13-17-28)27-14-20-30(21-15-27)45(31-22-18-29(19-23-31)41-46-37(4,5)38(6,7)47-41)32-24-33(43)35(34(44)25-32)42-48-39(8,9)40(10,11)49-42/h12-25H,1-11H3. The van der Waals surface area contributed by atoms with Gasteiger partial charge in [0.05, 0.1) is 33.6 Å². The molecule has 256 valence electrons. The normalized spacial score (nSPS) is 19.4. The Balaban J connectivity index is 1.38. The summed E-state index contributed by atoms with van der Waals surface area (Å²) in [5.41, 5.74) is 3.37. The van der Waals surface area contributed by atoms with Gasteiger partial charge in [0.25, 0.3) is 0 Å². The lowest BCUT2D eigenvalue weighted by Gasteiger charge is -2.32. The first-order valence-corrected chi connectivity index (χ1v) is 17.0. The van der Waals surface area contributed by atoms with E-state index in [1.807, 2.05) is 109 Å². The summed E-state index contributed by atoms with van der Waals surface area (Å²) in [7, 11) is -1.71. The fourth-order valence-electron chi connectivity index (χ4n) is 6.06. The Hall–Kier alpha value is -3.49. The molecule has 49 heavy (non-hydrogen) atoms. The summed E-state index contributed by atoms with van der Waals surface area (Å²) in [6.07, 6.45) is 0. The lowest BCUT2D eigenvalue weighted by molar-refractivity contribution is 0.00578. The van der Waals surface area contributed by atoms with Crippen molar-refractivity contribution in [2.45, 2.75) is 104 Å². The second kappa shape index (κ2) is 12.1. The predicted molar refractivity (Wildman–Crippen MR) is 197 cm³/mol. The second-order valence-corrected chi connectivity index (χ2v) is 16.3. The maximum Gasteiger partial charge on any atom is 0.500 e. The molecule has 4 aromatic rings. The van der Waals surface area contributed by atoms with E-state index >= 15 is 8.78 Å². The molecular weight excluding hydrogens is 618 g/mol. The molecule has 0 aliphatic carbocycles. The van der Waals surface area contributed by atoms with Gasteiger partial charge in [0.1, 0.15) is 11.6 Å². The van der Waals surface area contributed by atoms with Gasteiger partial charge in [0.15, 0.2) is 0 Å². The maximum absolute atomic E-state index is 16.0. The topological polar surface area (TPSA) is 40.2 Å². The number of benzene rings is 4. The number of nitrogens with zero attached hydrogens (tertiary/aromatic N) is 1. The smallest absolute Gasteiger partial charge is 0.399 e. The zero-order valence-electron chi connectivity index (χ0n) is 30.6. The third kappa shape index (κ3) is 6.59. The van der Waals surface area contributed by atoms with Crippen molar-refractivity contribution < 1.29 is 27.4 Å². The Morgan fingerprint density at radius 1 is 0.510 bits per heavy atom. The minimum absolute atomic E-state index is 0.0589. The molecule has 0 radical (unpaired) electrons. The van der Waals surface area contributed by atoms with Crippen LogP contribution in [0.2, 0.25) is 0 Å². The van der Waals surface area contributed by atoms with Crippen LogP contribution in [0.1, 0.15) is 81.7 Å². The van der Waals surface area contributed by atoms with Crippen LogP contribution >= 0.6 is 0 Å². The monoisotopic (exact) mass is 665 g/mol. The van der Waals surface area contributed by atoms with Crippen molar-refractivity contribution in [3.05, 3.63) is 102 Å². The molecule has 0 bridgehead atoms. The zero-order chi connectivity index (χ0) is 35.7. The first-order chi connectivity index (χ1) is 22.7. The summed E-state index contributed by atoms with van der Waals surface area (Å²) in [6.45, 7) is 22.1. The molecule has 6 rings (SSSR count). The highest BCUT2D eigenvalue weighted by molar-refractivity contribution is 6.62. The van der Waals surface area contributed by atoms with Crippen molar-refractivity contribution in [1.82, 2.24) is 0 Å². The highest BCUT2D eigenvalue weighted by Gasteiger charge is 2.54. The van der Waals surface area contributed by atoms with Crippen molar-refractivity contribution >= 4 is 42.2 Å². The van der Waals surface area contributed by atoms with Crippen LogP contribution in [0.4, 0.5) is 25.8 Å². The molecule has 5 nitrogen and oxygen atoms in total. The first kappa shape index (κ1) is 35.3. The van der Waals surface area contributed by atoms with E-state index in [4.69, 9.17) is 18.6 Å². The van der Waals surface area contributed by atoms with E-state index in [-0.39, 0.29) is 10.9 Å². The van der Waals surface area contributed by atoms with Crippen LogP contribution in [0.15, 0.2) is 84.9 Å². The summed E-state index contributed by atoms with van der Waals surface area (Å²) < 4.78 is 56.6. The van der Waals surface area contributed by atoms with Crippen molar-refractivity contribution in [2.75, 3.05) is 4.90 Å². The van der Waals surface area contributed by atoms with Crippen LogP contribution in [0.5, 0.6) is 0 Å². The molecule has 2 aliphatic rings. The number of rotatable bonds is 6. The predicted octanol–water partition coefficient (Wildman–Crippen LogP) is 9.00. The van der Waals surface area contributed by atoms with Gasteiger partial charge in [0.2, 0.25) is 0 Å². The molecule has 4 aromatic carbocycles. The zero-order valence-corrected chi connectivity index (χ0v) is 30.6. The van der Waals surface area contributed by atoms with Crippen LogP contribution in [-0.2, 0) is 24.0 Å². The minimum atomic E-state index is -1.17. The van der Waals surface area contributed by atoms with E-state index in [9.17, 15) is 0 Å². The largest absolute Gasteiger partial charge is 0.500 e. The fourth-order valence-corrected chi connectivity index (χ4v) is 6.06. The average Bonchev–Trinajstić information content (AvgIpc) is 3.36. The van der Waals surface area contributed by atoms with Gasteiger partial charge >= 0.3 is 14.2 Å². The van der Waals surface area contributed by atoms with Crippen molar-refractivity contribution in [2.24, 2.45) is 0 Å². The number of hydrogen-bond acceptors (Lipinski definition) is 5. The lowest BCUT2D eigenvalue weighted by Crippen LogP contribution is -2.41. The summed E-state index contributed by atoms with van der Waals surface area (Å²) >= 11 is 0. The Morgan fingerprint density at radius 2 is 0.878 bits per heavy atom. The molecule has 0 aromatic heterocycles. The molecule has 0 unspecified atom stereocenters. The highest BCUT2D eigenvalue weighted by atomic mass is 19.1. The Kier molecular flexibility index (Phi) is 8.71. The third-order valence-electron chi connectivity index (χ3n) is 10.7. The van der Waals surface area contributed by atoms with Gasteiger partial charge in [-0.1, -0.05) is 69.3 Å². The van der Waals surface area contributed by atoms with Crippen LogP contribution in [0, 0.1) is 11.6 Å². The fraction of sp³-hybridized carbons (Fsp3) is 0.400. The molecule has 9 heteroatoms. The summed E-state index contributed by atoms with van der Waals surface area (Å²) in [6, 6.07) is 26.9. The van der Waals surface area contributed by atoms with Crippen molar-refractivity contribution in [3.63, 3.8) is 0 Å². The summed E-state index contributed by atoms with van der Waals surface area (Å²) in [5, 5.41) is 0. The van der Waals surface area contributed by atoms with Gasteiger partial charge in [-0.15, -0.1) is 0 Å². The molecule has 2 fully saturated rings. The van der Waals surface area contributed by atoms with Crippen LogP contribution < -0.4 is 15.8 Å².